The molecule has 4 N–H and O–H groups in total. The molecular formula is C13H12N2O5S. The molecule has 0 bridgehead atoms. The summed E-state index contributed by atoms with van der Waals surface area (Å²) in [5.41, 5.74) is 5.74. The van der Waals surface area contributed by atoms with Gasteiger partial charge in [-0.25, -0.2) is 13.2 Å². The third-order valence-corrected chi connectivity index (χ3v) is 3.76. The fraction of sp³-hybridized carbons (Fsp3) is 0. The van der Waals surface area contributed by atoms with Crippen molar-refractivity contribution in [3.8, 4) is 5.75 Å². The molecule has 0 fully saturated rings. The highest BCUT2D eigenvalue weighted by Crippen LogP contribution is 2.18. The van der Waals surface area contributed by atoms with Gasteiger partial charge < -0.3 is 15.7 Å². The molecule has 0 aliphatic carbocycles. The number of carbonyl (C=O) groups is 1. The first-order chi connectivity index (χ1) is 9.90. The molecule has 0 heterocycles. The standard InChI is InChI=1S/C13H12N2O5S/c14-9-5-7-10(8-6-9)21(18,19)15-20-12-4-2-1-3-11(12)13(16)17/h1-8,15H,14H2,(H,16,17). The highest BCUT2D eigenvalue weighted by atomic mass is 32.2. The predicted octanol–water partition coefficient (Wildman–Crippen LogP) is 1.24. The first-order valence-electron chi connectivity index (χ1n) is 5.76. The summed E-state index contributed by atoms with van der Waals surface area (Å²) in [6.07, 6.45) is 0. The van der Waals surface area contributed by atoms with Crippen LogP contribution in [0.2, 0.25) is 0 Å². The molecule has 0 radical (unpaired) electrons. The fourth-order valence-electron chi connectivity index (χ4n) is 1.53. The van der Waals surface area contributed by atoms with E-state index in [4.69, 9.17) is 15.7 Å². The quantitative estimate of drug-likeness (QED) is 0.565. The summed E-state index contributed by atoms with van der Waals surface area (Å²) in [6, 6.07) is 11.2. The monoisotopic (exact) mass is 308 g/mol. The number of benzene rings is 2. The van der Waals surface area contributed by atoms with E-state index in [0.717, 1.165) is 0 Å². The lowest BCUT2D eigenvalue weighted by Crippen LogP contribution is -2.28. The Balaban J connectivity index is 2.19. The Morgan fingerprint density at radius 1 is 1.10 bits per heavy atom. The molecule has 21 heavy (non-hydrogen) atoms. The van der Waals surface area contributed by atoms with E-state index < -0.39 is 16.0 Å². The molecule has 0 spiro atoms. The van der Waals surface area contributed by atoms with Gasteiger partial charge in [0.15, 0.2) is 5.75 Å². The predicted molar refractivity (Wildman–Crippen MR) is 75.2 cm³/mol. The van der Waals surface area contributed by atoms with E-state index in [9.17, 15) is 13.2 Å². The van der Waals surface area contributed by atoms with Crippen LogP contribution in [0.3, 0.4) is 0 Å². The van der Waals surface area contributed by atoms with Gasteiger partial charge in [-0.3, -0.25) is 0 Å². The molecule has 0 atom stereocenters. The Morgan fingerprint density at radius 3 is 2.33 bits per heavy atom. The average molecular weight is 308 g/mol. The van der Waals surface area contributed by atoms with Gasteiger partial charge in [-0.2, -0.15) is 0 Å². The van der Waals surface area contributed by atoms with Gasteiger partial charge in [-0.05, 0) is 41.3 Å². The fourth-order valence-corrected chi connectivity index (χ4v) is 2.32. The Hall–Kier alpha value is -2.58. The number of nitrogens with two attached hydrogens (primary N) is 1. The SMILES string of the molecule is Nc1ccc(S(=O)(=O)NOc2ccccc2C(=O)O)cc1. The smallest absolute Gasteiger partial charge is 0.339 e. The maximum atomic E-state index is 12.0. The molecule has 0 saturated carbocycles. The van der Waals surface area contributed by atoms with E-state index in [-0.39, 0.29) is 16.2 Å². The number of para-hydroxylation sites is 1. The van der Waals surface area contributed by atoms with Crippen LogP contribution in [0.4, 0.5) is 5.69 Å². The number of carboxylic acids is 1. The molecule has 7 nitrogen and oxygen atoms in total. The summed E-state index contributed by atoms with van der Waals surface area (Å²) in [7, 11) is -3.94. The van der Waals surface area contributed by atoms with Crippen molar-refractivity contribution >= 4 is 21.7 Å². The van der Waals surface area contributed by atoms with Crippen LogP contribution in [0.25, 0.3) is 0 Å². The Morgan fingerprint density at radius 2 is 1.71 bits per heavy atom. The molecule has 2 aromatic rings. The largest absolute Gasteiger partial charge is 0.478 e. The van der Waals surface area contributed by atoms with Gasteiger partial charge in [-0.15, -0.1) is 0 Å². The van der Waals surface area contributed by atoms with E-state index in [0.29, 0.717) is 5.69 Å². The molecular weight excluding hydrogens is 296 g/mol. The van der Waals surface area contributed by atoms with Crippen LogP contribution in [0.5, 0.6) is 5.75 Å². The first-order valence-corrected chi connectivity index (χ1v) is 7.25. The van der Waals surface area contributed by atoms with E-state index >= 15 is 0 Å². The molecule has 0 amide bonds. The van der Waals surface area contributed by atoms with Crippen molar-refractivity contribution in [1.29, 1.82) is 0 Å². The van der Waals surface area contributed by atoms with Gasteiger partial charge >= 0.3 is 5.97 Å². The molecule has 0 aromatic heterocycles. The third-order valence-electron chi connectivity index (χ3n) is 2.57. The van der Waals surface area contributed by atoms with Crippen molar-refractivity contribution in [1.82, 2.24) is 4.89 Å². The van der Waals surface area contributed by atoms with E-state index in [1.165, 1.54) is 48.5 Å². The lowest BCUT2D eigenvalue weighted by molar-refractivity contribution is 0.0690. The van der Waals surface area contributed by atoms with Crippen LogP contribution in [0.15, 0.2) is 53.4 Å². The zero-order valence-electron chi connectivity index (χ0n) is 10.7. The second-order valence-electron chi connectivity index (χ2n) is 4.06. The van der Waals surface area contributed by atoms with Gasteiger partial charge in [0, 0.05) is 5.69 Å². The van der Waals surface area contributed by atoms with Crippen LogP contribution < -0.4 is 15.5 Å². The highest BCUT2D eigenvalue weighted by molar-refractivity contribution is 7.89. The van der Waals surface area contributed by atoms with Gasteiger partial charge in [0.1, 0.15) is 5.56 Å². The van der Waals surface area contributed by atoms with Crippen LogP contribution >= 0.6 is 0 Å². The summed E-state index contributed by atoms with van der Waals surface area (Å²) < 4.78 is 23.9. The van der Waals surface area contributed by atoms with Gasteiger partial charge in [-0.1, -0.05) is 12.1 Å². The number of hydrogen-bond acceptors (Lipinski definition) is 5. The van der Waals surface area contributed by atoms with Crippen molar-refractivity contribution < 1.29 is 23.2 Å². The minimum Gasteiger partial charge on any atom is -0.478 e. The third kappa shape index (κ3) is 3.50. The lowest BCUT2D eigenvalue weighted by Gasteiger charge is -2.10. The molecule has 0 saturated heterocycles. The molecule has 0 aliphatic rings. The molecule has 2 aromatic carbocycles. The second kappa shape index (κ2) is 5.81. The summed E-state index contributed by atoms with van der Waals surface area (Å²) in [5, 5.41) is 8.97. The van der Waals surface area contributed by atoms with Gasteiger partial charge in [0.25, 0.3) is 10.0 Å². The van der Waals surface area contributed by atoms with E-state index in [1.54, 1.807) is 0 Å². The number of anilines is 1. The van der Waals surface area contributed by atoms with Crippen LogP contribution in [0.1, 0.15) is 10.4 Å². The molecule has 8 heteroatoms. The number of carboxylic acid groups (broad SMARTS) is 1. The first kappa shape index (κ1) is 14.8. The van der Waals surface area contributed by atoms with Crippen LogP contribution in [-0.4, -0.2) is 19.5 Å². The van der Waals surface area contributed by atoms with Crippen LogP contribution in [0, 0.1) is 0 Å². The molecule has 0 aliphatic heterocycles. The zero-order chi connectivity index (χ0) is 15.5. The Kier molecular flexibility index (Phi) is 4.10. The number of sulfonamides is 1. The maximum absolute atomic E-state index is 12.0. The van der Waals surface area contributed by atoms with Crippen molar-refractivity contribution in [2.75, 3.05) is 5.73 Å². The van der Waals surface area contributed by atoms with E-state index in [2.05, 4.69) is 0 Å². The Labute approximate surface area is 121 Å². The van der Waals surface area contributed by atoms with Gasteiger partial charge in [0.05, 0.1) is 4.90 Å². The van der Waals surface area contributed by atoms with Crippen molar-refractivity contribution in [3.05, 3.63) is 54.1 Å². The van der Waals surface area contributed by atoms with Crippen molar-refractivity contribution in [3.63, 3.8) is 0 Å². The summed E-state index contributed by atoms with van der Waals surface area (Å²) in [5.74, 6) is -1.33. The van der Waals surface area contributed by atoms with Crippen LogP contribution in [-0.2, 0) is 10.0 Å². The van der Waals surface area contributed by atoms with Crippen molar-refractivity contribution in [2.24, 2.45) is 0 Å². The number of rotatable bonds is 5. The summed E-state index contributed by atoms with van der Waals surface area (Å²) in [4.78, 5) is 17.7. The minimum absolute atomic E-state index is 0.0514. The zero-order valence-corrected chi connectivity index (χ0v) is 11.5. The van der Waals surface area contributed by atoms with Gasteiger partial charge in [0.2, 0.25) is 0 Å². The minimum atomic E-state index is -3.94. The van der Waals surface area contributed by atoms with Crippen molar-refractivity contribution in [2.45, 2.75) is 4.90 Å². The number of nitrogen functional groups attached to an aromatic ring is 1. The number of hydrogen-bond donors (Lipinski definition) is 3. The maximum Gasteiger partial charge on any atom is 0.339 e. The lowest BCUT2D eigenvalue weighted by atomic mass is 10.2. The summed E-state index contributed by atoms with van der Waals surface area (Å²) >= 11 is 0. The molecule has 2 rings (SSSR count). The Bertz CT molecular complexity index is 756. The highest BCUT2D eigenvalue weighted by Gasteiger charge is 2.17. The molecule has 110 valence electrons. The average Bonchev–Trinajstić information content (AvgIpc) is 2.46. The summed E-state index contributed by atoms with van der Waals surface area (Å²) in [6.45, 7) is 0. The molecule has 0 unspecified atom stereocenters. The topological polar surface area (TPSA) is 119 Å². The normalized spacial score (nSPS) is 11.0. The number of nitrogens with one attached hydrogen (secondary N) is 1. The second-order valence-corrected chi connectivity index (χ2v) is 5.70. The van der Waals surface area contributed by atoms with E-state index in [1.807, 2.05) is 4.89 Å². The number of aromatic carboxylic acids is 1.